The molecule has 78 valence electrons. The van der Waals surface area contributed by atoms with Gasteiger partial charge in [0.2, 0.25) is 0 Å². The fourth-order valence-electron chi connectivity index (χ4n) is 1.05. The van der Waals surface area contributed by atoms with Crippen molar-refractivity contribution in [3.63, 3.8) is 0 Å². The van der Waals surface area contributed by atoms with Crippen molar-refractivity contribution in [2.75, 3.05) is 0 Å². The van der Waals surface area contributed by atoms with Crippen LogP contribution in [0.25, 0.3) is 0 Å². The summed E-state index contributed by atoms with van der Waals surface area (Å²) in [7, 11) is 0. The van der Waals surface area contributed by atoms with Crippen LogP contribution >= 0.6 is 0 Å². The third-order valence-electron chi connectivity index (χ3n) is 1.91. The fraction of sp³-hybridized carbons (Fsp3) is 0.154. The molecule has 1 aromatic carbocycles. The van der Waals surface area contributed by atoms with E-state index in [1.165, 1.54) is 5.56 Å². The average molecular weight is 201 g/mol. The van der Waals surface area contributed by atoms with Crippen LogP contribution in [0.4, 0.5) is 0 Å². The number of aromatic nitrogens is 1. The molecule has 0 radical (unpaired) electrons. The van der Waals surface area contributed by atoms with Crippen LogP contribution in [0, 0.1) is 0 Å². The lowest BCUT2D eigenvalue weighted by Gasteiger charge is -1.89. The highest BCUT2D eigenvalue weighted by Gasteiger charge is 1.80. The van der Waals surface area contributed by atoms with E-state index < -0.39 is 0 Å². The third kappa shape index (κ3) is 4.81. The van der Waals surface area contributed by atoms with Crippen LogP contribution in [-0.4, -0.2) is 10.1 Å². The number of pyridine rings is 1. The van der Waals surface area contributed by atoms with Crippen LogP contribution in [0.3, 0.4) is 0 Å². The molecule has 0 amide bonds. The van der Waals surface area contributed by atoms with Gasteiger partial charge in [0, 0.05) is 12.4 Å². The van der Waals surface area contributed by atoms with Crippen LogP contribution in [0.15, 0.2) is 54.9 Å². The monoisotopic (exact) mass is 201 g/mol. The van der Waals surface area contributed by atoms with Crippen LogP contribution < -0.4 is 0 Å². The largest absolute Gasteiger partial charge is 0.508 e. The number of para-hydroxylation sites is 1. The van der Waals surface area contributed by atoms with Crippen molar-refractivity contribution in [2.24, 2.45) is 0 Å². The number of phenols is 1. The molecule has 0 aliphatic heterocycles. The second-order valence-electron chi connectivity index (χ2n) is 3.04. The zero-order valence-electron chi connectivity index (χ0n) is 8.80. The van der Waals surface area contributed by atoms with Crippen LogP contribution in [-0.2, 0) is 6.42 Å². The Balaban J connectivity index is 0.000000151. The molecular weight excluding hydrogens is 186 g/mol. The van der Waals surface area contributed by atoms with Gasteiger partial charge >= 0.3 is 0 Å². The van der Waals surface area contributed by atoms with Gasteiger partial charge in [-0.2, -0.15) is 0 Å². The summed E-state index contributed by atoms with van der Waals surface area (Å²) in [5.41, 5.74) is 1.35. The Morgan fingerprint density at radius 3 is 1.93 bits per heavy atom. The van der Waals surface area contributed by atoms with Crippen molar-refractivity contribution in [1.29, 1.82) is 0 Å². The van der Waals surface area contributed by atoms with Gasteiger partial charge in [-0.15, -0.1) is 0 Å². The molecule has 0 atom stereocenters. The van der Waals surface area contributed by atoms with Gasteiger partial charge in [-0.3, -0.25) is 4.98 Å². The van der Waals surface area contributed by atoms with Gasteiger partial charge in [0.05, 0.1) is 0 Å². The molecule has 1 aromatic heterocycles. The summed E-state index contributed by atoms with van der Waals surface area (Å²) < 4.78 is 0. The summed E-state index contributed by atoms with van der Waals surface area (Å²) in [5, 5.41) is 8.63. The third-order valence-corrected chi connectivity index (χ3v) is 1.91. The van der Waals surface area contributed by atoms with Crippen molar-refractivity contribution in [1.82, 2.24) is 4.98 Å². The fourth-order valence-corrected chi connectivity index (χ4v) is 1.05. The Labute approximate surface area is 90.2 Å². The average Bonchev–Trinajstić information content (AvgIpc) is 2.32. The van der Waals surface area contributed by atoms with E-state index in [1.54, 1.807) is 24.3 Å². The normalized spacial score (nSPS) is 8.87. The quantitative estimate of drug-likeness (QED) is 0.769. The molecule has 2 rings (SSSR count). The molecule has 0 fully saturated rings. The van der Waals surface area contributed by atoms with E-state index in [9.17, 15) is 0 Å². The SMILES string of the molecule is CCc1ccncc1.Oc1ccccc1. The van der Waals surface area contributed by atoms with Crippen molar-refractivity contribution in [3.8, 4) is 5.75 Å². The predicted molar refractivity (Wildman–Crippen MR) is 61.7 cm³/mol. The maximum atomic E-state index is 8.63. The van der Waals surface area contributed by atoms with E-state index in [0.717, 1.165) is 6.42 Å². The Bertz CT molecular complexity index is 359. The van der Waals surface area contributed by atoms with Crippen molar-refractivity contribution in [2.45, 2.75) is 13.3 Å². The van der Waals surface area contributed by atoms with E-state index in [1.807, 2.05) is 30.6 Å². The molecule has 0 spiro atoms. The summed E-state index contributed by atoms with van der Waals surface area (Å²) in [6.07, 6.45) is 4.74. The number of benzene rings is 1. The molecule has 0 aliphatic carbocycles. The zero-order valence-corrected chi connectivity index (χ0v) is 8.80. The second-order valence-corrected chi connectivity index (χ2v) is 3.04. The molecular formula is C13H15NO. The van der Waals surface area contributed by atoms with Crippen molar-refractivity contribution < 1.29 is 5.11 Å². The molecule has 0 aliphatic rings. The number of hydrogen-bond acceptors (Lipinski definition) is 2. The molecule has 0 saturated carbocycles. The summed E-state index contributed by atoms with van der Waals surface area (Å²) in [6, 6.07) is 12.8. The maximum Gasteiger partial charge on any atom is 0.115 e. The van der Waals surface area contributed by atoms with Gasteiger partial charge in [0.1, 0.15) is 5.75 Å². The van der Waals surface area contributed by atoms with Gasteiger partial charge in [0.15, 0.2) is 0 Å². The first kappa shape index (κ1) is 11.2. The molecule has 0 unspecified atom stereocenters. The lowest BCUT2D eigenvalue weighted by molar-refractivity contribution is 0.475. The topological polar surface area (TPSA) is 33.1 Å². The number of aryl methyl sites for hydroxylation is 1. The minimum Gasteiger partial charge on any atom is -0.508 e. The molecule has 1 N–H and O–H groups in total. The van der Waals surface area contributed by atoms with E-state index in [0.29, 0.717) is 5.75 Å². The Kier molecular flexibility index (Phi) is 4.95. The van der Waals surface area contributed by atoms with E-state index in [-0.39, 0.29) is 0 Å². The highest BCUT2D eigenvalue weighted by molar-refractivity contribution is 5.18. The molecule has 2 nitrogen and oxygen atoms in total. The Morgan fingerprint density at radius 2 is 1.60 bits per heavy atom. The summed E-state index contributed by atoms with van der Waals surface area (Å²) >= 11 is 0. The zero-order chi connectivity index (χ0) is 10.9. The molecule has 0 saturated heterocycles. The summed E-state index contributed by atoms with van der Waals surface area (Å²) in [5.74, 6) is 0.322. The number of nitrogens with zero attached hydrogens (tertiary/aromatic N) is 1. The molecule has 15 heavy (non-hydrogen) atoms. The smallest absolute Gasteiger partial charge is 0.115 e. The van der Waals surface area contributed by atoms with Crippen LogP contribution in [0.5, 0.6) is 5.75 Å². The summed E-state index contributed by atoms with van der Waals surface area (Å²) in [6.45, 7) is 2.13. The van der Waals surface area contributed by atoms with Crippen molar-refractivity contribution in [3.05, 3.63) is 60.4 Å². The number of hydrogen-bond donors (Lipinski definition) is 1. The van der Waals surface area contributed by atoms with E-state index >= 15 is 0 Å². The van der Waals surface area contributed by atoms with Gasteiger partial charge < -0.3 is 5.11 Å². The van der Waals surface area contributed by atoms with Gasteiger partial charge in [0.25, 0.3) is 0 Å². The second kappa shape index (κ2) is 6.60. The van der Waals surface area contributed by atoms with Gasteiger partial charge in [-0.25, -0.2) is 0 Å². The number of aromatic hydroxyl groups is 1. The number of rotatable bonds is 1. The lowest BCUT2D eigenvalue weighted by Crippen LogP contribution is -1.76. The molecule has 2 aromatic rings. The minimum atomic E-state index is 0.322. The highest BCUT2D eigenvalue weighted by Crippen LogP contribution is 2.02. The summed E-state index contributed by atoms with van der Waals surface area (Å²) in [4.78, 5) is 3.89. The standard InChI is InChI=1S/C7H9N.C6H6O/c1-2-7-3-5-8-6-4-7;7-6-4-2-1-3-5-6/h3-6H,2H2,1H3;1-5,7H. The number of phenolic OH excluding ortho intramolecular Hbond substituents is 1. The molecule has 2 heteroatoms. The Hall–Kier alpha value is -1.83. The van der Waals surface area contributed by atoms with Crippen molar-refractivity contribution >= 4 is 0 Å². The minimum absolute atomic E-state index is 0.322. The van der Waals surface area contributed by atoms with E-state index in [4.69, 9.17) is 5.11 Å². The molecule has 1 heterocycles. The Morgan fingerprint density at radius 1 is 1.00 bits per heavy atom. The predicted octanol–water partition coefficient (Wildman–Crippen LogP) is 3.04. The van der Waals surface area contributed by atoms with E-state index in [2.05, 4.69) is 11.9 Å². The van der Waals surface area contributed by atoms with Crippen LogP contribution in [0.1, 0.15) is 12.5 Å². The first-order chi connectivity index (χ1) is 7.33. The van der Waals surface area contributed by atoms with Gasteiger partial charge in [-0.1, -0.05) is 25.1 Å². The maximum absolute atomic E-state index is 8.63. The lowest BCUT2D eigenvalue weighted by atomic mass is 10.2. The molecule has 0 bridgehead atoms. The van der Waals surface area contributed by atoms with Crippen LogP contribution in [0.2, 0.25) is 0 Å². The van der Waals surface area contributed by atoms with Gasteiger partial charge in [-0.05, 0) is 36.2 Å². The first-order valence-corrected chi connectivity index (χ1v) is 4.96. The first-order valence-electron chi connectivity index (χ1n) is 4.96. The highest BCUT2D eigenvalue weighted by atomic mass is 16.3.